The first-order valence-corrected chi connectivity index (χ1v) is 10.7. The molecule has 0 unspecified atom stereocenters. The van der Waals surface area contributed by atoms with Gasteiger partial charge in [-0.05, 0) is 70.7 Å². The van der Waals surface area contributed by atoms with Crippen LogP contribution in [0, 0.1) is 27.7 Å². The number of amides is 3. The summed E-state index contributed by atoms with van der Waals surface area (Å²) in [7, 11) is -4.01. The van der Waals surface area contributed by atoms with Crippen molar-refractivity contribution >= 4 is 27.9 Å². The third-order valence-electron chi connectivity index (χ3n) is 4.49. The van der Waals surface area contributed by atoms with Gasteiger partial charge >= 0.3 is 12.0 Å². The molecule has 0 aliphatic heterocycles. The summed E-state index contributed by atoms with van der Waals surface area (Å²) in [6.07, 6.45) is -1.28. The standard InChI is InChI=1S/C19H29N3O6S/c1-8-20-19(25)21-17(23)15(7)28-18(24)14(6)22-29(26,27)16-12(4)10(2)9-11(3)13(16)5/h9,14-15,22H,8H2,1-7H3,(H2,20,21,23,25)/t14-,15+/m1/s1. The number of aryl methyl sites for hydroxylation is 2. The minimum absolute atomic E-state index is 0.122. The molecule has 0 heterocycles. The second-order valence-electron chi connectivity index (χ2n) is 6.86. The van der Waals surface area contributed by atoms with Gasteiger partial charge in [0.25, 0.3) is 5.91 Å². The number of hydrogen-bond donors (Lipinski definition) is 3. The number of esters is 1. The van der Waals surface area contributed by atoms with Crippen molar-refractivity contribution in [1.29, 1.82) is 0 Å². The van der Waals surface area contributed by atoms with E-state index in [1.807, 2.05) is 25.2 Å². The molecule has 0 aliphatic rings. The highest BCUT2D eigenvalue weighted by Crippen LogP contribution is 2.26. The molecule has 29 heavy (non-hydrogen) atoms. The minimum Gasteiger partial charge on any atom is -0.451 e. The van der Waals surface area contributed by atoms with Gasteiger partial charge in [0.15, 0.2) is 6.10 Å². The number of benzene rings is 1. The number of rotatable bonds is 7. The molecule has 0 saturated carbocycles. The first-order chi connectivity index (χ1) is 13.3. The fourth-order valence-corrected chi connectivity index (χ4v) is 4.48. The molecule has 162 valence electrons. The van der Waals surface area contributed by atoms with Crippen LogP contribution in [0.25, 0.3) is 0 Å². The maximum atomic E-state index is 12.9. The fraction of sp³-hybridized carbons (Fsp3) is 0.526. The van der Waals surface area contributed by atoms with E-state index in [9.17, 15) is 22.8 Å². The normalized spacial score (nSPS) is 13.3. The van der Waals surface area contributed by atoms with E-state index in [0.717, 1.165) is 11.1 Å². The summed E-state index contributed by atoms with van der Waals surface area (Å²) in [5, 5.41) is 4.39. The number of carbonyl (C=O) groups is 3. The molecule has 0 aliphatic carbocycles. The van der Waals surface area contributed by atoms with Crippen molar-refractivity contribution in [1.82, 2.24) is 15.4 Å². The van der Waals surface area contributed by atoms with E-state index in [4.69, 9.17) is 4.74 Å². The number of imide groups is 1. The van der Waals surface area contributed by atoms with Gasteiger partial charge in [-0.25, -0.2) is 13.2 Å². The van der Waals surface area contributed by atoms with E-state index < -0.39 is 40.1 Å². The lowest BCUT2D eigenvalue weighted by atomic mass is 10.0. The predicted molar refractivity (Wildman–Crippen MR) is 108 cm³/mol. The van der Waals surface area contributed by atoms with Gasteiger partial charge in [0.05, 0.1) is 4.90 Å². The minimum atomic E-state index is -4.01. The molecule has 0 bridgehead atoms. The van der Waals surface area contributed by atoms with E-state index in [-0.39, 0.29) is 4.90 Å². The largest absolute Gasteiger partial charge is 0.451 e. The highest BCUT2D eigenvalue weighted by Gasteiger charge is 2.29. The lowest BCUT2D eigenvalue weighted by molar-refractivity contribution is -0.155. The number of carbonyl (C=O) groups excluding carboxylic acids is 3. The molecule has 1 rings (SSSR count). The number of ether oxygens (including phenoxy) is 1. The van der Waals surface area contributed by atoms with Gasteiger partial charge in [-0.1, -0.05) is 6.07 Å². The Morgan fingerprint density at radius 1 is 1.03 bits per heavy atom. The Morgan fingerprint density at radius 2 is 1.55 bits per heavy atom. The van der Waals surface area contributed by atoms with Crippen molar-refractivity contribution in [2.45, 2.75) is 65.5 Å². The second kappa shape index (κ2) is 9.84. The third kappa shape index (κ3) is 6.26. The summed E-state index contributed by atoms with van der Waals surface area (Å²) in [5.41, 5.74) is 2.82. The van der Waals surface area contributed by atoms with Crippen LogP contribution in [-0.2, 0) is 24.3 Å². The van der Waals surface area contributed by atoms with Crippen molar-refractivity contribution in [2.75, 3.05) is 6.54 Å². The van der Waals surface area contributed by atoms with Crippen LogP contribution >= 0.6 is 0 Å². The summed E-state index contributed by atoms with van der Waals surface area (Å²) < 4.78 is 33.0. The topological polar surface area (TPSA) is 131 Å². The van der Waals surface area contributed by atoms with Gasteiger partial charge in [-0.15, -0.1) is 0 Å². The van der Waals surface area contributed by atoms with E-state index in [1.54, 1.807) is 20.8 Å². The summed E-state index contributed by atoms with van der Waals surface area (Å²) >= 11 is 0. The van der Waals surface area contributed by atoms with Crippen LogP contribution in [0.15, 0.2) is 11.0 Å². The number of sulfonamides is 1. The average molecular weight is 428 g/mol. The Bertz CT molecular complexity index is 885. The van der Waals surface area contributed by atoms with Gasteiger partial charge in [0.1, 0.15) is 6.04 Å². The molecular formula is C19H29N3O6S. The fourth-order valence-electron chi connectivity index (χ4n) is 2.67. The average Bonchev–Trinajstić information content (AvgIpc) is 2.59. The molecule has 2 atom stereocenters. The maximum Gasteiger partial charge on any atom is 0.324 e. The molecule has 0 saturated heterocycles. The van der Waals surface area contributed by atoms with Crippen molar-refractivity contribution in [3.8, 4) is 0 Å². The Morgan fingerprint density at radius 3 is 2.03 bits per heavy atom. The van der Waals surface area contributed by atoms with Crippen molar-refractivity contribution < 1.29 is 27.5 Å². The molecule has 1 aromatic rings. The van der Waals surface area contributed by atoms with Gasteiger partial charge in [-0.2, -0.15) is 4.72 Å². The number of nitrogens with one attached hydrogen (secondary N) is 3. The summed E-state index contributed by atoms with van der Waals surface area (Å²) in [6, 6.07) is -0.0506. The van der Waals surface area contributed by atoms with Crippen LogP contribution in [0.5, 0.6) is 0 Å². The van der Waals surface area contributed by atoms with E-state index >= 15 is 0 Å². The number of urea groups is 1. The molecule has 0 radical (unpaired) electrons. The SMILES string of the molecule is CCNC(=O)NC(=O)[C@H](C)OC(=O)[C@@H](C)NS(=O)(=O)c1c(C)c(C)cc(C)c1C. The smallest absolute Gasteiger partial charge is 0.324 e. The molecule has 10 heteroatoms. The van der Waals surface area contributed by atoms with E-state index in [1.165, 1.54) is 13.8 Å². The third-order valence-corrected chi connectivity index (χ3v) is 6.30. The van der Waals surface area contributed by atoms with Crippen LogP contribution in [-0.4, -0.2) is 45.0 Å². The van der Waals surface area contributed by atoms with Crippen LogP contribution < -0.4 is 15.4 Å². The molecule has 3 N–H and O–H groups in total. The molecule has 0 spiro atoms. The number of hydrogen-bond acceptors (Lipinski definition) is 6. The first kappa shape index (κ1) is 24.6. The van der Waals surface area contributed by atoms with Crippen molar-refractivity contribution in [3.05, 3.63) is 28.3 Å². The summed E-state index contributed by atoms with van der Waals surface area (Å²) in [4.78, 5) is 35.6. The quantitative estimate of drug-likeness (QED) is 0.563. The van der Waals surface area contributed by atoms with Crippen molar-refractivity contribution in [3.63, 3.8) is 0 Å². The summed E-state index contributed by atoms with van der Waals surface area (Å²) in [5.74, 6) is -1.76. The first-order valence-electron chi connectivity index (χ1n) is 9.20. The molecule has 0 fully saturated rings. The van der Waals surface area contributed by atoms with Crippen LogP contribution in [0.3, 0.4) is 0 Å². The van der Waals surface area contributed by atoms with Crippen LogP contribution in [0.2, 0.25) is 0 Å². The molecular weight excluding hydrogens is 398 g/mol. The van der Waals surface area contributed by atoms with Crippen LogP contribution in [0.4, 0.5) is 4.79 Å². The zero-order valence-corrected chi connectivity index (χ0v) is 18.6. The monoisotopic (exact) mass is 427 g/mol. The Balaban J connectivity index is 2.90. The Kier molecular flexibility index (Phi) is 8.34. The molecule has 1 aromatic carbocycles. The van der Waals surface area contributed by atoms with E-state index in [0.29, 0.717) is 17.7 Å². The zero-order chi connectivity index (χ0) is 22.5. The molecule has 0 aromatic heterocycles. The second-order valence-corrected chi connectivity index (χ2v) is 8.51. The summed E-state index contributed by atoms with van der Waals surface area (Å²) in [6.45, 7) is 11.6. The Labute approximate surface area is 171 Å². The van der Waals surface area contributed by atoms with E-state index in [2.05, 4.69) is 10.0 Å². The predicted octanol–water partition coefficient (Wildman–Crippen LogP) is 1.36. The van der Waals surface area contributed by atoms with Gasteiger partial charge < -0.3 is 10.1 Å². The maximum absolute atomic E-state index is 12.9. The lowest BCUT2D eigenvalue weighted by Gasteiger charge is -2.20. The van der Waals surface area contributed by atoms with Crippen molar-refractivity contribution in [2.24, 2.45) is 0 Å². The highest BCUT2D eigenvalue weighted by atomic mass is 32.2. The molecule has 3 amide bonds. The lowest BCUT2D eigenvalue weighted by Crippen LogP contribution is -2.47. The van der Waals surface area contributed by atoms with Gasteiger partial charge in [-0.3, -0.25) is 14.9 Å². The zero-order valence-electron chi connectivity index (χ0n) is 17.8. The van der Waals surface area contributed by atoms with Gasteiger partial charge in [0, 0.05) is 6.54 Å². The molecule has 9 nitrogen and oxygen atoms in total. The Hall–Kier alpha value is -2.46. The highest BCUT2D eigenvalue weighted by molar-refractivity contribution is 7.89. The van der Waals surface area contributed by atoms with Gasteiger partial charge in [0.2, 0.25) is 10.0 Å². The van der Waals surface area contributed by atoms with Crippen LogP contribution in [0.1, 0.15) is 43.0 Å².